The lowest BCUT2D eigenvalue weighted by Crippen LogP contribution is -2.27. The Morgan fingerprint density at radius 3 is 2.77 bits per heavy atom. The van der Waals surface area contributed by atoms with Crippen molar-refractivity contribution in [2.75, 3.05) is 19.8 Å². The van der Waals surface area contributed by atoms with E-state index < -0.39 is 0 Å². The van der Waals surface area contributed by atoms with E-state index in [0.29, 0.717) is 5.89 Å². The molecule has 2 heterocycles. The van der Waals surface area contributed by atoms with Crippen molar-refractivity contribution in [3.63, 3.8) is 0 Å². The number of hydrogen-bond donors (Lipinski definition) is 1. The van der Waals surface area contributed by atoms with Crippen molar-refractivity contribution < 1.29 is 8.81 Å². The molecule has 1 fully saturated rings. The monoisotopic (exact) mass is 366 g/mol. The molecule has 1 aromatic heterocycles. The van der Waals surface area contributed by atoms with Crippen LogP contribution in [0.5, 0.6) is 0 Å². The molecule has 3 rings (SSSR count). The molecule has 0 saturated carbocycles. The van der Waals surface area contributed by atoms with Gasteiger partial charge in [0, 0.05) is 22.0 Å². The van der Waals surface area contributed by atoms with Crippen molar-refractivity contribution in [1.82, 2.24) is 10.3 Å². The maximum atomic E-state index is 13.4. The van der Waals surface area contributed by atoms with Gasteiger partial charge >= 0.3 is 0 Å². The van der Waals surface area contributed by atoms with Crippen LogP contribution in [0.25, 0.3) is 11.5 Å². The fraction of sp³-hybridized carbons (Fsp3) is 0.471. The average molecular weight is 367 g/mol. The molecule has 1 aliphatic heterocycles. The Balaban J connectivity index is 1.73. The van der Waals surface area contributed by atoms with Gasteiger partial charge in [0.1, 0.15) is 5.76 Å². The number of halogens is 2. The van der Waals surface area contributed by atoms with E-state index in [-0.39, 0.29) is 12.1 Å². The zero-order chi connectivity index (χ0) is 15.6. The minimum atomic E-state index is -0.267. The lowest BCUT2D eigenvalue weighted by Gasteiger charge is -2.23. The molecule has 0 radical (unpaired) electrons. The Morgan fingerprint density at radius 2 is 2.14 bits per heavy atom. The molecule has 0 bridgehead atoms. The summed E-state index contributed by atoms with van der Waals surface area (Å²) in [5.41, 5.74) is 1.68. The average Bonchev–Trinajstić information content (AvgIpc) is 3.13. The van der Waals surface area contributed by atoms with Crippen LogP contribution in [0.2, 0.25) is 0 Å². The molecule has 1 aliphatic rings. The predicted octanol–water partition coefficient (Wildman–Crippen LogP) is 4.29. The predicted molar refractivity (Wildman–Crippen MR) is 88.6 cm³/mol. The largest absolute Gasteiger partial charge is 0.441 e. The number of nitrogens with zero attached hydrogens (tertiary/aromatic N) is 1. The number of nitrogens with one attached hydrogen (secondary N) is 1. The molecule has 1 unspecified atom stereocenters. The minimum Gasteiger partial charge on any atom is -0.441 e. The van der Waals surface area contributed by atoms with E-state index in [2.05, 4.69) is 26.2 Å². The van der Waals surface area contributed by atoms with Crippen LogP contribution in [0.4, 0.5) is 4.39 Å². The van der Waals surface area contributed by atoms with Gasteiger partial charge in [0.25, 0.3) is 0 Å². The van der Waals surface area contributed by atoms with Crippen LogP contribution in [-0.2, 0) is 6.42 Å². The molecular weight excluding hydrogens is 347 g/mol. The van der Waals surface area contributed by atoms with Gasteiger partial charge in [-0.3, -0.25) is 4.39 Å². The van der Waals surface area contributed by atoms with Crippen molar-refractivity contribution in [2.24, 2.45) is 5.41 Å². The van der Waals surface area contributed by atoms with E-state index >= 15 is 0 Å². The Morgan fingerprint density at radius 1 is 1.36 bits per heavy atom. The van der Waals surface area contributed by atoms with Gasteiger partial charge in [-0.15, -0.1) is 0 Å². The first-order valence-electron chi connectivity index (χ1n) is 7.61. The van der Waals surface area contributed by atoms with Gasteiger partial charge in [0.05, 0.1) is 12.4 Å². The Bertz CT molecular complexity index is 633. The van der Waals surface area contributed by atoms with Crippen LogP contribution in [0.1, 0.15) is 24.3 Å². The molecule has 3 nitrogen and oxygen atoms in total. The van der Waals surface area contributed by atoms with Crippen LogP contribution >= 0.6 is 15.9 Å². The first-order valence-corrected chi connectivity index (χ1v) is 8.40. The molecule has 0 spiro atoms. The standard InChI is InChI=1S/C17H20BrFN2O/c1-12-15(6-7-17(10-19)8-9-20-11-17)21-16(22-12)13-2-4-14(18)5-3-13/h2-5,20H,6-11H2,1H3. The van der Waals surface area contributed by atoms with Crippen molar-refractivity contribution in [1.29, 1.82) is 0 Å². The number of aryl methyl sites for hydroxylation is 2. The SMILES string of the molecule is Cc1oc(-c2ccc(Br)cc2)nc1CCC1(CF)CCNC1. The van der Waals surface area contributed by atoms with Gasteiger partial charge < -0.3 is 9.73 Å². The second-order valence-electron chi connectivity index (χ2n) is 6.09. The van der Waals surface area contributed by atoms with Crippen LogP contribution in [-0.4, -0.2) is 24.7 Å². The van der Waals surface area contributed by atoms with Crippen LogP contribution in [0, 0.1) is 12.3 Å². The number of alkyl halides is 1. The molecule has 1 N–H and O–H groups in total. The zero-order valence-electron chi connectivity index (χ0n) is 12.7. The smallest absolute Gasteiger partial charge is 0.226 e. The highest BCUT2D eigenvalue weighted by Gasteiger charge is 2.34. The maximum Gasteiger partial charge on any atom is 0.226 e. The van der Waals surface area contributed by atoms with Crippen LogP contribution in [0.15, 0.2) is 33.2 Å². The molecular formula is C17H20BrFN2O. The highest BCUT2D eigenvalue weighted by atomic mass is 79.9. The van der Waals surface area contributed by atoms with Gasteiger partial charge in [-0.05, 0) is 57.0 Å². The summed E-state index contributed by atoms with van der Waals surface area (Å²) in [7, 11) is 0. The van der Waals surface area contributed by atoms with Gasteiger partial charge in [-0.1, -0.05) is 15.9 Å². The van der Waals surface area contributed by atoms with Crippen LogP contribution < -0.4 is 5.32 Å². The van der Waals surface area contributed by atoms with Gasteiger partial charge in [0.2, 0.25) is 5.89 Å². The number of oxazole rings is 1. The molecule has 1 atom stereocenters. The normalized spacial score (nSPS) is 21.4. The molecule has 22 heavy (non-hydrogen) atoms. The Hall–Kier alpha value is -1.20. The first kappa shape index (κ1) is 15.7. The van der Waals surface area contributed by atoms with E-state index in [9.17, 15) is 4.39 Å². The number of rotatable bonds is 5. The van der Waals surface area contributed by atoms with E-state index in [1.807, 2.05) is 31.2 Å². The van der Waals surface area contributed by atoms with E-state index in [1.54, 1.807) is 0 Å². The van der Waals surface area contributed by atoms with Gasteiger partial charge in [0.15, 0.2) is 0 Å². The second kappa shape index (κ2) is 6.50. The van der Waals surface area contributed by atoms with Gasteiger partial charge in [-0.25, -0.2) is 4.98 Å². The summed E-state index contributed by atoms with van der Waals surface area (Å²) >= 11 is 3.42. The second-order valence-corrected chi connectivity index (χ2v) is 7.00. The summed E-state index contributed by atoms with van der Waals surface area (Å²) in [6.07, 6.45) is 2.47. The number of hydrogen-bond acceptors (Lipinski definition) is 3. The van der Waals surface area contributed by atoms with Crippen molar-refractivity contribution in [3.8, 4) is 11.5 Å². The third-order valence-electron chi connectivity index (χ3n) is 4.49. The summed E-state index contributed by atoms with van der Waals surface area (Å²) in [6.45, 7) is 3.34. The molecule has 0 amide bonds. The zero-order valence-corrected chi connectivity index (χ0v) is 14.2. The van der Waals surface area contributed by atoms with E-state index in [1.165, 1.54) is 0 Å². The minimum absolute atomic E-state index is 0.219. The van der Waals surface area contributed by atoms with E-state index in [4.69, 9.17) is 4.42 Å². The molecule has 2 aromatic rings. The van der Waals surface area contributed by atoms with Crippen LogP contribution in [0.3, 0.4) is 0 Å². The van der Waals surface area contributed by atoms with Crippen molar-refractivity contribution in [3.05, 3.63) is 40.2 Å². The fourth-order valence-corrected chi connectivity index (χ4v) is 3.21. The third kappa shape index (κ3) is 3.25. The summed E-state index contributed by atoms with van der Waals surface area (Å²) in [5, 5.41) is 3.26. The molecule has 1 aromatic carbocycles. The highest BCUT2D eigenvalue weighted by molar-refractivity contribution is 9.10. The lowest BCUT2D eigenvalue weighted by atomic mass is 9.83. The third-order valence-corrected chi connectivity index (χ3v) is 5.02. The first-order chi connectivity index (χ1) is 10.6. The number of aromatic nitrogens is 1. The fourth-order valence-electron chi connectivity index (χ4n) is 2.95. The van der Waals surface area contributed by atoms with E-state index in [0.717, 1.165) is 53.8 Å². The Labute approximate surface area is 138 Å². The quantitative estimate of drug-likeness (QED) is 0.857. The van der Waals surface area contributed by atoms with Crippen molar-refractivity contribution >= 4 is 15.9 Å². The van der Waals surface area contributed by atoms with Gasteiger partial charge in [-0.2, -0.15) is 0 Å². The summed E-state index contributed by atoms with van der Waals surface area (Å²) in [4.78, 5) is 4.61. The molecule has 1 saturated heterocycles. The highest BCUT2D eigenvalue weighted by Crippen LogP contribution is 2.32. The maximum absolute atomic E-state index is 13.4. The molecule has 0 aliphatic carbocycles. The summed E-state index contributed by atoms with van der Waals surface area (Å²) < 4.78 is 20.2. The molecule has 118 valence electrons. The topological polar surface area (TPSA) is 38.1 Å². The molecule has 5 heteroatoms. The summed E-state index contributed by atoms with van der Waals surface area (Å²) in [5.74, 6) is 1.47. The summed E-state index contributed by atoms with van der Waals surface area (Å²) in [6, 6.07) is 7.89. The van der Waals surface area contributed by atoms with Crippen molar-refractivity contribution in [2.45, 2.75) is 26.2 Å². The lowest BCUT2D eigenvalue weighted by molar-refractivity contribution is 0.213. The Kier molecular flexibility index (Phi) is 4.64. The number of benzene rings is 1.